The van der Waals surface area contributed by atoms with E-state index >= 15 is 0 Å². The molecular weight excluding hydrogens is 737 g/mol. The van der Waals surface area contributed by atoms with Crippen molar-refractivity contribution >= 4 is 58.5 Å². The fraction of sp³-hybridized carbons (Fsp3) is 1.00. The van der Waals surface area contributed by atoms with E-state index < -0.39 is 20.8 Å². The molecule has 2 unspecified atom stereocenters. The predicted octanol–water partition coefficient (Wildman–Crippen LogP) is 13.1. The molecule has 0 rings (SSSR count). The van der Waals surface area contributed by atoms with Crippen molar-refractivity contribution in [1.82, 2.24) is 0 Å². The van der Waals surface area contributed by atoms with Crippen LogP contribution in [0.25, 0.3) is 0 Å². The van der Waals surface area contributed by atoms with Crippen molar-refractivity contribution in [3.63, 3.8) is 0 Å². The van der Waals surface area contributed by atoms with Crippen LogP contribution in [0.4, 0.5) is 0 Å². The smallest absolute Gasteiger partial charge is 0.726 e. The molecule has 0 fully saturated rings. The summed E-state index contributed by atoms with van der Waals surface area (Å²) in [5.74, 6) is 0.406. The van der Waals surface area contributed by atoms with E-state index in [9.17, 15) is 25.9 Å². The summed E-state index contributed by atoms with van der Waals surface area (Å²) in [5.41, 5.74) is 0. The Labute approximate surface area is 361 Å². The summed E-state index contributed by atoms with van der Waals surface area (Å²) in [7, 11) is -9.13. The fourth-order valence-corrected chi connectivity index (χ4v) is 7.61. The average molecular weight is 823 g/mol. The standard InChI is InChI=1S/2C21H44O4S.Ca/c2*1-3-5-7-9-11-13-15-17-19-21(20-25-26(22,23)24)18-16-14-12-10-8-6-4-2;/h2*21H,3-20H2,1-2H3,(H,22,23,24);/q;;+2/p-2. The van der Waals surface area contributed by atoms with E-state index in [-0.39, 0.29) is 62.8 Å². The summed E-state index contributed by atoms with van der Waals surface area (Å²) in [6.07, 6.45) is 41.7. The summed E-state index contributed by atoms with van der Waals surface area (Å²) in [6.45, 7) is 9.04. The minimum Gasteiger partial charge on any atom is -0.726 e. The Bertz CT molecular complexity index is 844. The molecule has 0 bridgehead atoms. The van der Waals surface area contributed by atoms with Gasteiger partial charge in [-0.2, -0.15) is 0 Å². The largest absolute Gasteiger partial charge is 2.00 e. The summed E-state index contributed by atoms with van der Waals surface area (Å²) in [5, 5.41) is 0. The zero-order valence-corrected chi connectivity index (χ0v) is 39.2. The van der Waals surface area contributed by atoms with Gasteiger partial charge in [-0.1, -0.05) is 220 Å². The molecule has 0 N–H and O–H groups in total. The van der Waals surface area contributed by atoms with E-state index in [1.54, 1.807) is 0 Å². The van der Waals surface area contributed by atoms with Gasteiger partial charge in [-0.15, -0.1) is 0 Å². The summed E-state index contributed by atoms with van der Waals surface area (Å²) < 4.78 is 73.5. The molecule has 0 spiro atoms. The van der Waals surface area contributed by atoms with Gasteiger partial charge in [0.2, 0.25) is 20.8 Å². The van der Waals surface area contributed by atoms with Crippen LogP contribution in [0.1, 0.15) is 246 Å². The Hall–Kier alpha value is 1.000. The fourth-order valence-electron chi connectivity index (χ4n) is 6.90. The van der Waals surface area contributed by atoms with Crippen LogP contribution >= 0.6 is 0 Å². The number of rotatable bonds is 40. The molecule has 53 heavy (non-hydrogen) atoms. The molecule has 0 aromatic carbocycles. The van der Waals surface area contributed by atoms with Crippen LogP contribution in [0, 0.1) is 11.8 Å². The van der Waals surface area contributed by atoms with Gasteiger partial charge in [0, 0.05) is 0 Å². The van der Waals surface area contributed by atoms with Gasteiger partial charge in [0.05, 0.1) is 13.2 Å². The van der Waals surface area contributed by atoms with Crippen LogP contribution in [0.5, 0.6) is 0 Å². The number of hydrogen-bond donors (Lipinski definition) is 0. The maximum atomic E-state index is 10.7. The van der Waals surface area contributed by atoms with Crippen LogP contribution in [0.2, 0.25) is 0 Å². The van der Waals surface area contributed by atoms with Crippen molar-refractivity contribution in [3.05, 3.63) is 0 Å². The average Bonchev–Trinajstić information content (AvgIpc) is 3.09. The maximum absolute atomic E-state index is 10.7. The first-order valence-electron chi connectivity index (χ1n) is 22.2. The monoisotopic (exact) mass is 823 g/mol. The molecule has 11 heteroatoms. The molecule has 0 radical (unpaired) electrons. The van der Waals surface area contributed by atoms with Crippen molar-refractivity contribution < 1.29 is 34.3 Å². The molecule has 0 aliphatic carbocycles. The Balaban J connectivity index is -0.000000926. The molecule has 0 saturated carbocycles. The van der Waals surface area contributed by atoms with E-state index in [0.717, 1.165) is 51.4 Å². The second kappa shape index (κ2) is 44.1. The quantitative estimate of drug-likeness (QED) is 0.0258. The molecule has 0 aliphatic heterocycles. The zero-order valence-electron chi connectivity index (χ0n) is 35.4. The van der Waals surface area contributed by atoms with Crippen molar-refractivity contribution in [2.45, 2.75) is 246 Å². The van der Waals surface area contributed by atoms with E-state index in [2.05, 4.69) is 36.1 Å². The summed E-state index contributed by atoms with van der Waals surface area (Å²) >= 11 is 0. The van der Waals surface area contributed by atoms with Crippen molar-refractivity contribution in [1.29, 1.82) is 0 Å². The van der Waals surface area contributed by atoms with E-state index in [1.165, 1.54) is 167 Å². The van der Waals surface area contributed by atoms with Gasteiger partial charge in [0.15, 0.2) is 0 Å². The van der Waals surface area contributed by atoms with Crippen molar-refractivity contribution in [2.24, 2.45) is 11.8 Å². The number of hydrogen-bond acceptors (Lipinski definition) is 8. The first kappa shape index (κ1) is 58.3. The van der Waals surface area contributed by atoms with Gasteiger partial charge in [0.25, 0.3) is 0 Å². The third-order valence-corrected chi connectivity index (χ3v) is 11.1. The van der Waals surface area contributed by atoms with Gasteiger partial charge in [-0.05, 0) is 37.5 Å². The second-order valence-corrected chi connectivity index (χ2v) is 17.6. The van der Waals surface area contributed by atoms with Gasteiger partial charge in [-0.3, -0.25) is 8.37 Å². The maximum Gasteiger partial charge on any atom is 2.00 e. The molecule has 8 nitrogen and oxygen atoms in total. The molecule has 0 aromatic rings. The van der Waals surface area contributed by atoms with E-state index in [0.29, 0.717) is 0 Å². The molecule has 316 valence electrons. The molecule has 0 aliphatic rings. The Morgan fingerprint density at radius 2 is 0.509 bits per heavy atom. The van der Waals surface area contributed by atoms with Gasteiger partial charge in [0.1, 0.15) is 0 Å². The normalized spacial score (nSPS) is 12.9. The molecule has 0 amide bonds. The van der Waals surface area contributed by atoms with Gasteiger partial charge in [-0.25, -0.2) is 16.8 Å². The topological polar surface area (TPSA) is 133 Å². The molecule has 2 atom stereocenters. The molecule has 0 heterocycles. The second-order valence-electron chi connectivity index (χ2n) is 15.5. The third-order valence-electron chi connectivity index (χ3n) is 10.3. The van der Waals surface area contributed by atoms with Crippen LogP contribution < -0.4 is 0 Å². The van der Waals surface area contributed by atoms with Crippen LogP contribution in [0.3, 0.4) is 0 Å². The Morgan fingerprint density at radius 1 is 0.340 bits per heavy atom. The summed E-state index contributed by atoms with van der Waals surface area (Å²) in [6, 6.07) is 0. The minimum atomic E-state index is -4.56. The zero-order chi connectivity index (χ0) is 39.0. The van der Waals surface area contributed by atoms with Crippen LogP contribution in [-0.4, -0.2) is 76.9 Å². The van der Waals surface area contributed by atoms with Crippen LogP contribution in [-0.2, 0) is 29.2 Å². The van der Waals surface area contributed by atoms with E-state index in [1.807, 2.05) is 0 Å². The van der Waals surface area contributed by atoms with Crippen molar-refractivity contribution in [3.8, 4) is 0 Å². The minimum absolute atomic E-state index is 0. The molecule has 0 saturated heterocycles. The first-order chi connectivity index (χ1) is 25.0. The molecule has 0 aromatic heterocycles. The van der Waals surface area contributed by atoms with Crippen LogP contribution in [0.15, 0.2) is 0 Å². The van der Waals surface area contributed by atoms with Crippen molar-refractivity contribution in [2.75, 3.05) is 13.2 Å². The SMILES string of the molecule is CCCCCCCCCCC(CCCCCCCCC)COS(=O)(=O)[O-].CCCCCCCCCCC(CCCCCCCCC)COS(=O)(=O)[O-].[Ca+2]. The third kappa shape index (κ3) is 53.0. The van der Waals surface area contributed by atoms with E-state index in [4.69, 9.17) is 0 Å². The summed E-state index contributed by atoms with van der Waals surface area (Å²) in [4.78, 5) is 0. The first-order valence-corrected chi connectivity index (χ1v) is 24.9. The Kier molecular flexibility index (Phi) is 48.5. The predicted molar refractivity (Wildman–Crippen MR) is 224 cm³/mol. The molecular formula is C42H86CaO8S2. The number of unbranched alkanes of at least 4 members (excludes halogenated alkanes) is 26. The van der Waals surface area contributed by atoms with Gasteiger partial charge >= 0.3 is 37.7 Å². The van der Waals surface area contributed by atoms with Gasteiger partial charge < -0.3 is 9.11 Å². The Morgan fingerprint density at radius 3 is 0.679 bits per heavy atom.